The van der Waals surface area contributed by atoms with Gasteiger partial charge in [-0.2, -0.15) is 13.2 Å². The number of rotatable bonds is 7. The summed E-state index contributed by atoms with van der Waals surface area (Å²) in [6, 6.07) is 6.52. The Balaban J connectivity index is 2.77. The summed E-state index contributed by atoms with van der Waals surface area (Å²) in [5.74, 6) is 0.559. The van der Waals surface area contributed by atoms with Gasteiger partial charge in [0.25, 0.3) is 0 Å². The fourth-order valence-electron chi connectivity index (χ4n) is 2.21. The molecule has 0 spiro atoms. The number of nitrogens with two attached hydrogens (primary N) is 1. The van der Waals surface area contributed by atoms with E-state index in [9.17, 15) is 13.2 Å². The van der Waals surface area contributed by atoms with Crippen molar-refractivity contribution in [3.8, 4) is 0 Å². The lowest BCUT2D eigenvalue weighted by Gasteiger charge is -2.29. The number of benzene rings is 1. The number of alkyl halides is 3. The van der Waals surface area contributed by atoms with Crippen LogP contribution in [0.2, 0.25) is 0 Å². The third kappa shape index (κ3) is 6.28. The molecule has 0 aromatic heterocycles. The lowest BCUT2D eigenvalue weighted by molar-refractivity contribution is -0.0328. The summed E-state index contributed by atoms with van der Waals surface area (Å²) >= 11 is -0.0934. The predicted octanol–water partition coefficient (Wildman–Crippen LogP) is 4.28. The van der Waals surface area contributed by atoms with E-state index in [-0.39, 0.29) is 22.7 Å². The molecule has 2 unspecified atom stereocenters. The first-order chi connectivity index (χ1) is 9.76. The van der Waals surface area contributed by atoms with E-state index in [0.717, 1.165) is 18.5 Å². The van der Waals surface area contributed by atoms with Gasteiger partial charge in [-0.15, -0.1) is 0 Å². The molecule has 0 heterocycles. The Morgan fingerprint density at radius 1 is 1.24 bits per heavy atom. The molecule has 2 atom stereocenters. The molecule has 0 saturated carbocycles. The van der Waals surface area contributed by atoms with Crippen LogP contribution in [0.1, 0.15) is 31.9 Å². The van der Waals surface area contributed by atoms with Crippen LogP contribution in [0.25, 0.3) is 0 Å². The Labute approximate surface area is 128 Å². The zero-order valence-corrected chi connectivity index (χ0v) is 13.5. The van der Waals surface area contributed by atoms with Gasteiger partial charge in [0, 0.05) is 24.0 Å². The van der Waals surface area contributed by atoms with Gasteiger partial charge in [0.05, 0.1) is 0 Å². The van der Waals surface area contributed by atoms with E-state index in [1.807, 2.05) is 7.05 Å². The predicted molar refractivity (Wildman–Crippen MR) is 82.2 cm³/mol. The number of hydrogen-bond acceptors (Lipinski definition) is 3. The molecule has 0 fully saturated rings. The molecule has 1 aromatic carbocycles. The highest BCUT2D eigenvalue weighted by molar-refractivity contribution is 8.00. The van der Waals surface area contributed by atoms with E-state index >= 15 is 0 Å². The molecule has 2 N–H and O–H groups in total. The van der Waals surface area contributed by atoms with Crippen LogP contribution in [0.15, 0.2) is 29.2 Å². The monoisotopic (exact) mass is 320 g/mol. The molecule has 6 heteroatoms. The summed E-state index contributed by atoms with van der Waals surface area (Å²) in [5, 5.41) is 0. The average molecular weight is 320 g/mol. The van der Waals surface area contributed by atoms with Crippen LogP contribution >= 0.6 is 11.8 Å². The van der Waals surface area contributed by atoms with Gasteiger partial charge < -0.3 is 5.73 Å². The van der Waals surface area contributed by atoms with Gasteiger partial charge in [0.15, 0.2) is 0 Å². The van der Waals surface area contributed by atoms with E-state index in [1.165, 1.54) is 12.1 Å². The van der Waals surface area contributed by atoms with E-state index in [0.29, 0.717) is 12.5 Å². The molecular formula is C15H23F3N2S. The van der Waals surface area contributed by atoms with Gasteiger partial charge in [0.1, 0.15) is 0 Å². The Bertz CT molecular complexity index is 420. The minimum Gasteiger partial charge on any atom is -0.329 e. The summed E-state index contributed by atoms with van der Waals surface area (Å²) < 4.78 is 36.9. The van der Waals surface area contributed by atoms with Crippen molar-refractivity contribution in [3.05, 3.63) is 29.8 Å². The highest BCUT2D eigenvalue weighted by Gasteiger charge is 2.29. The topological polar surface area (TPSA) is 29.3 Å². The first kappa shape index (κ1) is 18.3. The largest absolute Gasteiger partial charge is 0.446 e. The molecular weight excluding hydrogens is 297 g/mol. The highest BCUT2D eigenvalue weighted by Crippen LogP contribution is 2.37. The second kappa shape index (κ2) is 8.06. The molecule has 0 aliphatic carbocycles. The van der Waals surface area contributed by atoms with Gasteiger partial charge >= 0.3 is 5.51 Å². The van der Waals surface area contributed by atoms with Crippen LogP contribution in [-0.4, -0.2) is 30.5 Å². The smallest absolute Gasteiger partial charge is 0.329 e. The lowest BCUT2D eigenvalue weighted by atomic mass is 10.0. The Morgan fingerprint density at radius 3 is 2.24 bits per heavy atom. The van der Waals surface area contributed by atoms with E-state index in [1.54, 1.807) is 12.1 Å². The van der Waals surface area contributed by atoms with Gasteiger partial charge in [-0.1, -0.05) is 32.4 Å². The van der Waals surface area contributed by atoms with Crippen LogP contribution in [0, 0.1) is 5.92 Å². The number of nitrogens with zero attached hydrogens (tertiary/aromatic N) is 1. The fraction of sp³-hybridized carbons (Fsp3) is 0.600. The van der Waals surface area contributed by atoms with Crippen molar-refractivity contribution in [1.29, 1.82) is 0 Å². The van der Waals surface area contributed by atoms with Crippen molar-refractivity contribution in [3.63, 3.8) is 0 Å². The SMILES string of the molecule is CCC(C)CN(C)C(CN)c1ccc(SC(F)(F)F)cc1. The number of thioether (sulfide) groups is 1. The molecule has 120 valence electrons. The third-order valence-electron chi connectivity index (χ3n) is 3.55. The summed E-state index contributed by atoms with van der Waals surface area (Å²) in [6.45, 7) is 5.67. The van der Waals surface area contributed by atoms with Crippen LogP contribution in [-0.2, 0) is 0 Å². The van der Waals surface area contributed by atoms with Crippen LogP contribution in [0.4, 0.5) is 13.2 Å². The first-order valence-corrected chi connectivity index (χ1v) is 7.84. The van der Waals surface area contributed by atoms with Gasteiger partial charge in [-0.05, 0) is 42.4 Å². The molecule has 0 radical (unpaired) electrons. The van der Waals surface area contributed by atoms with Crippen molar-refractivity contribution in [2.24, 2.45) is 11.7 Å². The van der Waals surface area contributed by atoms with E-state index < -0.39 is 5.51 Å². The maximum absolute atomic E-state index is 12.3. The average Bonchev–Trinajstić information content (AvgIpc) is 2.39. The van der Waals surface area contributed by atoms with Gasteiger partial charge in [-0.25, -0.2) is 0 Å². The van der Waals surface area contributed by atoms with Crippen molar-refractivity contribution in [2.45, 2.75) is 36.7 Å². The summed E-state index contributed by atoms with van der Waals surface area (Å²) in [6.07, 6.45) is 1.09. The van der Waals surface area contributed by atoms with Gasteiger partial charge in [0.2, 0.25) is 0 Å². The Morgan fingerprint density at radius 2 is 1.81 bits per heavy atom. The fourth-order valence-corrected chi connectivity index (χ4v) is 2.75. The Hall–Kier alpha value is -0.720. The van der Waals surface area contributed by atoms with E-state index in [2.05, 4.69) is 18.7 Å². The number of halogens is 3. The maximum Gasteiger partial charge on any atom is 0.446 e. The minimum atomic E-state index is -4.25. The number of hydrogen-bond donors (Lipinski definition) is 1. The zero-order valence-electron chi connectivity index (χ0n) is 12.7. The van der Waals surface area contributed by atoms with Crippen molar-refractivity contribution in [2.75, 3.05) is 20.1 Å². The second-order valence-electron chi connectivity index (χ2n) is 5.32. The molecule has 2 nitrogen and oxygen atoms in total. The third-order valence-corrected chi connectivity index (χ3v) is 4.29. The molecule has 1 aromatic rings. The molecule has 0 amide bonds. The van der Waals surface area contributed by atoms with Gasteiger partial charge in [-0.3, -0.25) is 4.90 Å². The molecule has 21 heavy (non-hydrogen) atoms. The molecule has 0 saturated heterocycles. The second-order valence-corrected chi connectivity index (χ2v) is 6.46. The first-order valence-electron chi connectivity index (χ1n) is 7.02. The minimum absolute atomic E-state index is 0.0314. The standard InChI is InChI=1S/C15H23F3N2S/c1-4-11(2)10-20(3)14(9-19)12-5-7-13(8-6-12)21-15(16,17)18/h5-8,11,14H,4,9-10,19H2,1-3H3. The van der Waals surface area contributed by atoms with Crippen molar-refractivity contribution in [1.82, 2.24) is 4.90 Å². The summed E-state index contributed by atoms with van der Waals surface area (Å²) in [5.41, 5.74) is 2.54. The summed E-state index contributed by atoms with van der Waals surface area (Å²) in [4.78, 5) is 2.37. The number of likely N-dealkylation sites (N-methyl/N-ethyl adjacent to an activating group) is 1. The molecule has 1 rings (SSSR count). The summed E-state index contributed by atoms with van der Waals surface area (Å²) in [7, 11) is 2.00. The lowest BCUT2D eigenvalue weighted by Crippen LogP contribution is -2.33. The molecule has 0 aliphatic rings. The quantitative estimate of drug-likeness (QED) is 0.761. The van der Waals surface area contributed by atoms with Crippen LogP contribution in [0.3, 0.4) is 0 Å². The van der Waals surface area contributed by atoms with E-state index in [4.69, 9.17) is 5.73 Å². The Kier molecular flexibility index (Phi) is 7.03. The van der Waals surface area contributed by atoms with Crippen molar-refractivity contribution >= 4 is 11.8 Å². The van der Waals surface area contributed by atoms with Crippen LogP contribution < -0.4 is 5.73 Å². The molecule has 0 aliphatic heterocycles. The van der Waals surface area contributed by atoms with Crippen molar-refractivity contribution < 1.29 is 13.2 Å². The normalized spacial score (nSPS) is 15.2. The zero-order chi connectivity index (χ0) is 16.0. The van der Waals surface area contributed by atoms with Crippen LogP contribution in [0.5, 0.6) is 0 Å². The highest BCUT2D eigenvalue weighted by atomic mass is 32.2. The maximum atomic E-state index is 12.3. The molecule has 0 bridgehead atoms.